The van der Waals surface area contributed by atoms with E-state index in [1.807, 2.05) is 12.1 Å². The van der Waals surface area contributed by atoms with Gasteiger partial charge in [-0.3, -0.25) is 9.69 Å². The van der Waals surface area contributed by atoms with Crippen LogP contribution in [0, 0.1) is 5.92 Å². The summed E-state index contributed by atoms with van der Waals surface area (Å²) in [5.74, 6) is 1.40. The number of methoxy groups -OCH3 is 1. The summed E-state index contributed by atoms with van der Waals surface area (Å²) in [5, 5.41) is 4.25. The molecule has 0 bridgehead atoms. The van der Waals surface area contributed by atoms with Crippen LogP contribution in [0.2, 0.25) is 0 Å². The van der Waals surface area contributed by atoms with Crippen LogP contribution >= 0.6 is 11.3 Å². The van der Waals surface area contributed by atoms with Gasteiger partial charge < -0.3 is 15.0 Å². The number of thiazole rings is 1. The maximum Gasteiger partial charge on any atom is 0.223 e. The third kappa shape index (κ3) is 4.58. The Bertz CT molecular complexity index is 795. The number of amides is 1. The van der Waals surface area contributed by atoms with E-state index in [9.17, 15) is 4.79 Å². The van der Waals surface area contributed by atoms with Gasteiger partial charge in [0.25, 0.3) is 0 Å². The molecule has 2 aromatic rings. The summed E-state index contributed by atoms with van der Waals surface area (Å²) in [6, 6.07) is 6.05. The average Bonchev–Trinajstić information content (AvgIpc) is 3.18. The highest BCUT2D eigenvalue weighted by atomic mass is 32.1. The number of benzene rings is 1. The van der Waals surface area contributed by atoms with Crippen molar-refractivity contribution in [3.8, 4) is 5.75 Å². The number of piperazine rings is 1. The van der Waals surface area contributed by atoms with Crippen molar-refractivity contribution >= 4 is 32.6 Å². The fourth-order valence-electron chi connectivity index (χ4n) is 4.16. The zero-order valence-electron chi connectivity index (χ0n) is 16.7. The zero-order chi connectivity index (χ0) is 19.3. The number of hydrogen-bond donors (Lipinski definition) is 1. The molecular formula is C21H30N4O2S. The fourth-order valence-corrected chi connectivity index (χ4v) is 5.21. The number of hydrogen-bond acceptors (Lipinski definition) is 6. The van der Waals surface area contributed by atoms with Gasteiger partial charge in [-0.05, 0) is 31.0 Å². The van der Waals surface area contributed by atoms with E-state index in [4.69, 9.17) is 9.72 Å². The Morgan fingerprint density at radius 1 is 1.21 bits per heavy atom. The molecule has 1 saturated heterocycles. The molecule has 1 aromatic carbocycles. The minimum Gasteiger partial charge on any atom is -0.497 e. The summed E-state index contributed by atoms with van der Waals surface area (Å²) in [7, 11) is 1.69. The van der Waals surface area contributed by atoms with Gasteiger partial charge in [-0.25, -0.2) is 4.98 Å². The molecule has 4 rings (SSSR count). The van der Waals surface area contributed by atoms with Gasteiger partial charge in [0.05, 0.1) is 17.3 Å². The molecule has 0 atom stereocenters. The van der Waals surface area contributed by atoms with Gasteiger partial charge in [-0.2, -0.15) is 0 Å². The van der Waals surface area contributed by atoms with Gasteiger partial charge in [-0.1, -0.05) is 30.6 Å². The van der Waals surface area contributed by atoms with Crippen LogP contribution in [-0.4, -0.2) is 62.2 Å². The summed E-state index contributed by atoms with van der Waals surface area (Å²) < 4.78 is 6.48. The van der Waals surface area contributed by atoms with Crippen molar-refractivity contribution in [1.82, 2.24) is 15.2 Å². The van der Waals surface area contributed by atoms with Crippen molar-refractivity contribution in [2.24, 2.45) is 5.92 Å². The first-order chi connectivity index (χ1) is 13.7. The van der Waals surface area contributed by atoms with Gasteiger partial charge in [-0.15, -0.1) is 0 Å². The number of anilines is 1. The Labute approximate surface area is 170 Å². The number of carbonyl (C=O) groups is 1. The quantitative estimate of drug-likeness (QED) is 0.805. The van der Waals surface area contributed by atoms with Crippen molar-refractivity contribution in [3.63, 3.8) is 0 Å². The van der Waals surface area contributed by atoms with Crippen LogP contribution in [0.5, 0.6) is 5.75 Å². The summed E-state index contributed by atoms with van der Waals surface area (Å²) in [6.45, 7) is 5.68. The van der Waals surface area contributed by atoms with Gasteiger partial charge in [0, 0.05) is 45.2 Å². The maximum atomic E-state index is 12.3. The smallest absolute Gasteiger partial charge is 0.223 e. The Balaban J connectivity index is 1.23. The number of carbonyl (C=O) groups excluding carboxylic acids is 1. The first kappa shape index (κ1) is 19.5. The molecule has 7 heteroatoms. The predicted molar refractivity (Wildman–Crippen MR) is 114 cm³/mol. The first-order valence-corrected chi connectivity index (χ1v) is 11.2. The van der Waals surface area contributed by atoms with E-state index in [0.29, 0.717) is 0 Å². The Morgan fingerprint density at radius 2 is 2.00 bits per heavy atom. The number of fused-ring (bicyclic) bond motifs is 1. The molecule has 1 saturated carbocycles. The molecule has 0 spiro atoms. The standard InChI is InChI=1S/C21H30N4O2S/c1-27-17-7-8-18-19(15-17)28-21(23-18)25-13-11-24(12-14-25)10-9-22-20(26)16-5-3-2-4-6-16/h7-8,15-16H,2-6,9-14H2,1H3,(H,22,26). The summed E-state index contributed by atoms with van der Waals surface area (Å²) in [5.41, 5.74) is 1.04. The highest BCUT2D eigenvalue weighted by molar-refractivity contribution is 7.22. The Hall–Kier alpha value is -1.86. The monoisotopic (exact) mass is 402 g/mol. The van der Waals surface area contributed by atoms with Crippen LogP contribution in [-0.2, 0) is 4.79 Å². The number of aromatic nitrogens is 1. The lowest BCUT2D eigenvalue weighted by molar-refractivity contribution is -0.125. The van der Waals surface area contributed by atoms with E-state index < -0.39 is 0 Å². The maximum absolute atomic E-state index is 12.3. The van der Waals surface area contributed by atoms with Gasteiger partial charge >= 0.3 is 0 Å². The lowest BCUT2D eigenvalue weighted by atomic mass is 9.89. The zero-order valence-corrected chi connectivity index (χ0v) is 17.5. The molecule has 1 aromatic heterocycles. The van der Waals surface area contributed by atoms with Gasteiger partial charge in [0.2, 0.25) is 5.91 Å². The van der Waals surface area contributed by atoms with Crippen LogP contribution in [0.15, 0.2) is 18.2 Å². The van der Waals surface area contributed by atoms with E-state index >= 15 is 0 Å². The molecule has 0 unspecified atom stereocenters. The van der Waals surface area contributed by atoms with Gasteiger partial charge in [0.1, 0.15) is 5.75 Å². The lowest BCUT2D eigenvalue weighted by Crippen LogP contribution is -2.48. The number of nitrogens with zero attached hydrogens (tertiary/aromatic N) is 3. The molecular weight excluding hydrogens is 372 g/mol. The lowest BCUT2D eigenvalue weighted by Gasteiger charge is -2.34. The van der Waals surface area contributed by atoms with Crippen LogP contribution in [0.4, 0.5) is 5.13 Å². The topological polar surface area (TPSA) is 57.7 Å². The van der Waals surface area contributed by atoms with Crippen molar-refractivity contribution < 1.29 is 9.53 Å². The molecule has 1 aliphatic heterocycles. The van der Waals surface area contributed by atoms with Crippen molar-refractivity contribution in [2.45, 2.75) is 32.1 Å². The average molecular weight is 403 g/mol. The van der Waals surface area contributed by atoms with E-state index in [2.05, 4.69) is 21.2 Å². The fraction of sp³-hybridized carbons (Fsp3) is 0.619. The molecule has 1 amide bonds. The largest absolute Gasteiger partial charge is 0.497 e. The Kier molecular flexibility index (Phi) is 6.32. The van der Waals surface area contributed by atoms with Gasteiger partial charge in [0.15, 0.2) is 5.13 Å². The van der Waals surface area contributed by atoms with E-state index in [-0.39, 0.29) is 11.8 Å². The normalized spacial score (nSPS) is 19.1. The summed E-state index contributed by atoms with van der Waals surface area (Å²) in [4.78, 5) is 21.8. The molecule has 1 aliphatic carbocycles. The molecule has 1 N–H and O–H groups in total. The van der Waals surface area contributed by atoms with Crippen LogP contribution in [0.25, 0.3) is 10.2 Å². The molecule has 152 valence electrons. The van der Waals surface area contributed by atoms with Crippen LogP contribution in [0.3, 0.4) is 0 Å². The number of ether oxygens (including phenoxy) is 1. The molecule has 0 radical (unpaired) electrons. The van der Waals surface area contributed by atoms with Crippen molar-refractivity contribution in [1.29, 1.82) is 0 Å². The minimum atomic E-state index is 0.253. The van der Waals surface area contributed by atoms with Crippen LogP contribution < -0.4 is 15.0 Å². The van der Waals surface area contributed by atoms with Crippen molar-refractivity contribution in [2.75, 3.05) is 51.3 Å². The second-order valence-electron chi connectivity index (χ2n) is 7.78. The molecule has 2 heterocycles. The Morgan fingerprint density at radius 3 is 2.75 bits per heavy atom. The van der Waals surface area contributed by atoms with E-state index in [1.54, 1.807) is 18.4 Å². The first-order valence-electron chi connectivity index (χ1n) is 10.4. The molecule has 2 fully saturated rings. The second-order valence-corrected chi connectivity index (χ2v) is 8.79. The summed E-state index contributed by atoms with van der Waals surface area (Å²) >= 11 is 1.73. The highest BCUT2D eigenvalue weighted by Crippen LogP contribution is 2.31. The van der Waals surface area contributed by atoms with E-state index in [1.165, 1.54) is 24.0 Å². The van der Waals surface area contributed by atoms with E-state index in [0.717, 1.165) is 68.5 Å². The molecule has 6 nitrogen and oxygen atoms in total. The third-order valence-electron chi connectivity index (χ3n) is 5.93. The summed E-state index contributed by atoms with van der Waals surface area (Å²) in [6.07, 6.45) is 5.84. The number of nitrogens with one attached hydrogen (secondary N) is 1. The molecule has 2 aliphatic rings. The number of rotatable bonds is 6. The predicted octanol–water partition coefficient (Wildman–Crippen LogP) is 3.12. The van der Waals surface area contributed by atoms with Crippen molar-refractivity contribution in [3.05, 3.63) is 18.2 Å². The van der Waals surface area contributed by atoms with Crippen LogP contribution in [0.1, 0.15) is 32.1 Å². The third-order valence-corrected chi connectivity index (χ3v) is 7.01. The highest BCUT2D eigenvalue weighted by Gasteiger charge is 2.22. The SMILES string of the molecule is COc1ccc2nc(N3CCN(CCNC(=O)C4CCCCC4)CC3)sc2c1. The second kappa shape index (κ2) is 9.09. The minimum absolute atomic E-state index is 0.253. The molecule has 28 heavy (non-hydrogen) atoms.